The molecule has 0 aliphatic carbocycles. The maximum absolute atomic E-state index is 12.9. The van der Waals surface area contributed by atoms with Crippen molar-refractivity contribution >= 4 is 28.9 Å². The molecule has 2 aromatic carbocycles. The van der Waals surface area contributed by atoms with Crippen molar-refractivity contribution in [2.75, 3.05) is 4.90 Å². The average Bonchev–Trinajstić information content (AvgIpc) is 2.91. The summed E-state index contributed by atoms with van der Waals surface area (Å²) in [4.78, 5) is 24.8. The number of fused-ring (bicyclic) bond motifs is 1. The van der Waals surface area contributed by atoms with Gasteiger partial charge in [-0.2, -0.15) is 0 Å². The molecule has 1 heterocycles. The maximum Gasteiger partial charge on any atom is 0.271 e. The van der Waals surface area contributed by atoms with Crippen LogP contribution in [-0.4, -0.2) is 23.0 Å². The van der Waals surface area contributed by atoms with Crippen molar-refractivity contribution in [3.8, 4) is 5.75 Å². The van der Waals surface area contributed by atoms with Crippen LogP contribution in [0.1, 0.15) is 19.4 Å². The molecule has 0 aromatic heterocycles. The van der Waals surface area contributed by atoms with Crippen LogP contribution in [0.2, 0.25) is 5.02 Å². The van der Waals surface area contributed by atoms with Crippen LogP contribution in [0.3, 0.4) is 0 Å². The fourth-order valence-corrected chi connectivity index (χ4v) is 3.26. The first-order valence-corrected chi connectivity index (χ1v) is 8.28. The summed E-state index contributed by atoms with van der Waals surface area (Å²) < 4.78 is 5.67. The predicted molar refractivity (Wildman–Crippen MR) is 95.3 cm³/mol. The number of non-ortho nitro benzene ring substituents is 1. The lowest BCUT2D eigenvalue weighted by Gasteiger charge is -2.26. The van der Waals surface area contributed by atoms with Gasteiger partial charge in [-0.15, -0.1) is 0 Å². The number of benzene rings is 2. The van der Waals surface area contributed by atoms with E-state index in [1.165, 1.54) is 18.2 Å². The molecule has 1 aliphatic heterocycles. The Morgan fingerprint density at radius 3 is 2.76 bits per heavy atom. The van der Waals surface area contributed by atoms with Gasteiger partial charge in [-0.3, -0.25) is 14.9 Å². The molecule has 0 N–H and O–H groups in total. The van der Waals surface area contributed by atoms with Gasteiger partial charge in [0.2, 0.25) is 0 Å². The van der Waals surface area contributed by atoms with E-state index in [0.717, 1.165) is 17.7 Å². The largest absolute Gasteiger partial charge is 0.479 e. The maximum atomic E-state index is 12.9. The van der Waals surface area contributed by atoms with E-state index in [-0.39, 0.29) is 28.4 Å². The van der Waals surface area contributed by atoms with Gasteiger partial charge in [0.15, 0.2) is 6.10 Å². The smallest absolute Gasteiger partial charge is 0.271 e. The molecule has 0 bridgehead atoms. The molecule has 25 heavy (non-hydrogen) atoms. The van der Waals surface area contributed by atoms with Crippen molar-refractivity contribution < 1.29 is 14.5 Å². The van der Waals surface area contributed by atoms with Crippen LogP contribution in [0.25, 0.3) is 0 Å². The van der Waals surface area contributed by atoms with E-state index >= 15 is 0 Å². The number of hydrogen-bond donors (Lipinski definition) is 0. The number of halogens is 1. The van der Waals surface area contributed by atoms with Gasteiger partial charge in [0.05, 0.1) is 9.95 Å². The van der Waals surface area contributed by atoms with E-state index in [1.54, 1.807) is 11.8 Å². The molecule has 0 spiro atoms. The number of ether oxygens (including phenoxy) is 1. The normalized spacial score (nSPS) is 17.1. The summed E-state index contributed by atoms with van der Waals surface area (Å²) >= 11 is 6.04. The molecule has 0 radical (unpaired) electrons. The summed E-state index contributed by atoms with van der Waals surface area (Å²) in [6.07, 6.45) is 0.0278. The molecule has 1 amide bonds. The van der Waals surface area contributed by atoms with Crippen LogP contribution in [0.4, 0.5) is 11.4 Å². The molecule has 0 unspecified atom stereocenters. The van der Waals surface area contributed by atoms with E-state index in [1.807, 2.05) is 31.2 Å². The summed E-state index contributed by atoms with van der Waals surface area (Å²) in [6.45, 7) is 3.64. The van der Waals surface area contributed by atoms with Crippen molar-refractivity contribution in [2.24, 2.45) is 0 Å². The second-order valence-electron chi connectivity index (χ2n) is 6.02. The third-order valence-corrected chi connectivity index (χ3v) is 4.52. The summed E-state index contributed by atoms with van der Waals surface area (Å²) in [6, 6.07) is 11.7. The molecule has 2 atom stereocenters. The summed E-state index contributed by atoms with van der Waals surface area (Å²) in [5, 5.41) is 10.9. The van der Waals surface area contributed by atoms with Gasteiger partial charge in [0.25, 0.3) is 11.6 Å². The number of carbonyl (C=O) groups is 1. The Kier molecular flexibility index (Phi) is 4.63. The highest BCUT2D eigenvalue weighted by Gasteiger charge is 2.34. The van der Waals surface area contributed by atoms with Crippen LogP contribution in [0.15, 0.2) is 42.5 Å². The SMILES string of the molecule is C[C@H](Oc1ccc([N+](=O)[O-])cc1Cl)C(=O)N1c2ccccc2C[C@@H]1C. The number of hydrogen-bond acceptors (Lipinski definition) is 4. The zero-order valence-electron chi connectivity index (χ0n) is 13.8. The lowest BCUT2D eigenvalue weighted by atomic mass is 10.1. The Bertz CT molecular complexity index is 840. The lowest BCUT2D eigenvalue weighted by molar-refractivity contribution is -0.384. The standard InChI is InChI=1S/C18H17ClN2O4/c1-11-9-13-5-3-4-6-16(13)20(11)18(22)12(2)25-17-8-7-14(21(23)24)10-15(17)19/h3-8,10-12H,9H2,1-2H3/t11-,12-/m0/s1. The Hall–Kier alpha value is -2.60. The lowest BCUT2D eigenvalue weighted by Crippen LogP contribution is -2.43. The van der Waals surface area contributed by atoms with Crippen molar-refractivity contribution in [3.63, 3.8) is 0 Å². The van der Waals surface area contributed by atoms with Gasteiger partial charge in [0, 0.05) is 23.9 Å². The number of nitro benzene ring substituents is 1. The van der Waals surface area contributed by atoms with E-state index in [2.05, 4.69) is 0 Å². The van der Waals surface area contributed by atoms with Crippen molar-refractivity contribution in [3.05, 3.63) is 63.2 Å². The average molecular weight is 361 g/mol. The Morgan fingerprint density at radius 2 is 2.08 bits per heavy atom. The summed E-state index contributed by atoms with van der Waals surface area (Å²) in [5.41, 5.74) is 1.90. The zero-order valence-corrected chi connectivity index (χ0v) is 14.6. The highest BCUT2D eigenvalue weighted by Crippen LogP contribution is 2.34. The van der Waals surface area contributed by atoms with Crippen LogP contribution in [0.5, 0.6) is 5.75 Å². The number of anilines is 1. The zero-order chi connectivity index (χ0) is 18.1. The molecule has 3 rings (SSSR count). The summed E-state index contributed by atoms with van der Waals surface area (Å²) in [5.74, 6) is 0.0696. The minimum Gasteiger partial charge on any atom is -0.479 e. The van der Waals surface area contributed by atoms with Crippen LogP contribution in [-0.2, 0) is 11.2 Å². The number of nitro groups is 1. The topological polar surface area (TPSA) is 72.7 Å². The molecule has 7 heteroatoms. The van der Waals surface area contributed by atoms with Crippen LogP contribution < -0.4 is 9.64 Å². The molecule has 6 nitrogen and oxygen atoms in total. The second kappa shape index (κ2) is 6.72. The minimum absolute atomic E-state index is 0.0447. The van der Waals surface area contributed by atoms with Gasteiger partial charge in [0.1, 0.15) is 5.75 Å². The molecule has 1 aliphatic rings. The number of carbonyl (C=O) groups excluding carboxylic acids is 1. The third-order valence-electron chi connectivity index (χ3n) is 4.22. The molecule has 0 saturated heterocycles. The monoisotopic (exact) mass is 360 g/mol. The number of amides is 1. The summed E-state index contributed by atoms with van der Waals surface area (Å²) in [7, 11) is 0. The van der Waals surface area contributed by atoms with Crippen molar-refractivity contribution in [1.82, 2.24) is 0 Å². The molecular formula is C18H17ClN2O4. The van der Waals surface area contributed by atoms with E-state index in [9.17, 15) is 14.9 Å². The number of nitrogens with zero attached hydrogens (tertiary/aromatic N) is 2. The quantitative estimate of drug-likeness (QED) is 0.610. The fourth-order valence-electron chi connectivity index (χ4n) is 3.04. The first kappa shape index (κ1) is 17.2. The van der Waals surface area contributed by atoms with E-state index < -0.39 is 11.0 Å². The van der Waals surface area contributed by atoms with Gasteiger partial charge < -0.3 is 9.64 Å². The molecule has 0 fully saturated rings. The molecule has 130 valence electrons. The molecular weight excluding hydrogens is 344 g/mol. The van der Waals surface area contributed by atoms with Crippen LogP contribution >= 0.6 is 11.6 Å². The Balaban J connectivity index is 1.79. The highest BCUT2D eigenvalue weighted by molar-refractivity contribution is 6.32. The predicted octanol–water partition coefficient (Wildman–Crippen LogP) is 3.99. The van der Waals surface area contributed by atoms with E-state index in [4.69, 9.17) is 16.3 Å². The molecule has 0 saturated carbocycles. The fraction of sp³-hybridized carbons (Fsp3) is 0.278. The highest BCUT2D eigenvalue weighted by atomic mass is 35.5. The Morgan fingerprint density at radius 1 is 1.36 bits per heavy atom. The minimum atomic E-state index is -0.771. The first-order chi connectivity index (χ1) is 11.9. The van der Waals surface area contributed by atoms with Gasteiger partial charge in [-0.1, -0.05) is 29.8 Å². The van der Waals surface area contributed by atoms with Gasteiger partial charge in [-0.05, 0) is 38.0 Å². The van der Waals surface area contributed by atoms with Crippen molar-refractivity contribution in [2.45, 2.75) is 32.4 Å². The molecule has 2 aromatic rings. The number of para-hydroxylation sites is 1. The number of rotatable bonds is 4. The van der Waals surface area contributed by atoms with Gasteiger partial charge >= 0.3 is 0 Å². The Labute approximate surface area is 150 Å². The van der Waals surface area contributed by atoms with Crippen LogP contribution in [0, 0.1) is 10.1 Å². The van der Waals surface area contributed by atoms with E-state index in [0.29, 0.717) is 0 Å². The van der Waals surface area contributed by atoms with Crippen molar-refractivity contribution in [1.29, 1.82) is 0 Å². The van der Waals surface area contributed by atoms with Gasteiger partial charge in [-0.25, -0.2) is 0 Å². The second-order valence-corrected chi connectivity index (χ2v) is 6.43. The third kappa shape index (κ3) is 3.30. The first-order valence-electron chi connectivity index (χ1n) is 7.90.